The fourth-order valence-corrected chi connectivity index (χ4v) is 1.75. The average Bonchev–Trinajstić information content (AvgIpc) is 2.38. The third-order valence-corrected chi connectivity index (χ3v) is 2.53. The van der Waals surface area contributed by atoms with Crippen LogP contribution in [0.4, 0.5) is 0 Å². The van der Waals surface area contributed by atoms with Crippen molar-refractivity contribution in [2.45, 2.75) is 5.92 Å². The van der Waals surface area contributed by atoms with Crippen molar-refractivity contribution in [1.29, 1.82) is 0 Å². The van der Waals surface area contributed by atoms with E-state index in [1.54, 1.807) is 6.21 Å². The van der Waals surface area contributed by atoms with Crippen LogP contribution in [0, 0.1) is 0 Å². The molecule has 0 heterocycles. The molecule has 0 N–H and O–H groups in total. The molecule has 0 radical (unpaired) electrons. The average molecular weight is 208 g/mol. The fourth-order valence-electron chi connectivity index (χ4n) is 1.75. The summed E-state index contributed by atoms with van der Waals surface area (Å²) in [7, 11) is 0. The molecule has 78 valence electrons. The monoisotopic (exact) mass is 208 g/mol. The topological polar surface area (TPSA) is 36.4 Å². The van der Waals surface area contributed by atoms with Crippen LogP contribution in [0.1, 0.15) is 17.0 Å². The Bertz CT molecular complexity index is 445. The van der Waals surface area contributed by atoms with Crippen LogP contribution in [0.15, 0.2) is 60.7 Å². The highest BCUT2D eigenvalue weighted by Crippen LogP contribution is 2.21. The van der Waals surface area contributed by atoms with E-state index in [4.69, 9.17) is 5.53 Å². The lowest BCUT2D eigenvalue weighted by Crippen LogP contribution is -2.02. The smallest absolute Gasteiger partial charge is 0.269 e. The molecule has 2 heteroatoms. The first-order valence-corrected chi connectivity index (χ1v) is 5.19. The third-order valence-electron chi connectivity index (χ3n) is 2.53. The maximum atomic E-state index is 8.73. The molecule has 0 unspecified atom stereocenters. The van der Waals surface area contributed by atoms with Gasteiger partial charge >= 0.3 is 0 Å². The molecule has 2 aromatic rings. The minimum Gasteiger partial charge on any atom is -0.362 e. The van der Waals surface area contributed by atoms with E-state index in [9.17, 15) is 0 Å². The Morgan fingerprint density at radius 3 is 1.62 bits per heavy atom. The molecule has 0 saturated carbocycles. The first kappa shape index (κ1) is 10.3. The standard InChI is InChI=1S/C14H12N2/c15-16-11-14(12-7-3-1-4-8-12)13-9-5-2-6-10-13/h1-11,14H. The van der Waals surface area contributed by atoms with Crippen molar-refractivity contribution >= 4 is 6.21 Å². The maximum Gasteiger partial charge on any atom is 0.269 e. The minimum atomic E-state index is 0.00685. The first-order valence-electron chi connectivity index (χ1n) is 5.19. The molecule has 2 nitrogen and oxygen atoms in total. The van der Waals surface area contributed by atoms with E-state index in [-0.39, 0.29) is 5.92 Å². The van der Waals surface area contributed by atoms with E-state index in [1.165, 1.54) is 0 Å². The summed E-state index contributed by atoms with van der Waals surface area (Å²) >= 11 is 0. The fraction of sp³-hybridized carbons (Fsp3) is 0.0714. The molecule has 0 amide bonds. The van der Waals surface area contributed by atoms with Crippen molar-refractivity contribution < 1.29 is 4.79 Å². The van der Waals surface area contributed by atoms with Gasteiger partial charge in [-0.1, -0.05) is 60.7 Å². The van der Waals surface area contributed by atoms with Crippen LogP contribution in [0.3, 0.4) is 0 Å². The van der Waals surface area contributed by atoms with E-state index in [2.05, 4.69) is 4.79 Å². The summed E-state index contributed by atoms with van der Waals surface area (Å²) in [4.78, 5) is 3.16. The zero-order valence-corrected chi connectivity index (χ0v) is 8.82. The van der Waals surface area contributed by atoms with Crippen molar-refractivity contribution in [1.82, 2.24) is 0 Å². The Morgan fingerprint density at radius 1 is 0.812 bits per heavy atom. The largest absolute Gasteiger partial charge is 0.362 e. The zero-order valence-electron chi connectivity index (χ0n) is 8.82. The summed E-state index contributed by atoms with van der Waals surface area (Å²) < 4.78 is 0. The van der Waals surface area contributed by atoms with Crippen LogP contribution in [0.5, 0.6) is 0 Å². The van der Waals surface area contributed by atoms with E-state index < -0.39 is 0 Å². The van der Waals surface area contributed by atoms with Gasteiger partial charge in [0.15, 0.2) is 0 Å². The van der Waals surface area contributed by atoms with Crippen molar-refractivity contribution in [2.75, 3.05) is 0 Å². The summed E-state index contributed by atoms with van der Waals surface area (Å²) in [6, 6.07) is 20.0. The molecular weight excluding hydrogens is 196 g/mol. The summed E-state index contributed by atoms with van der Waals surface area (Å²) in [6.45, 7) is 0. The highest BCUT2D eigenvalue weighted by atomic mass is 14.8. The van der Waals surface area contributed by atoms with Gasteiger partial charge in [0.2, 0.25) is 0 Å². The molecule has 16 heavy (non-hydrogen) atoms. The Balaban J connectivity index is 2.43. The van der Waals surface area contributed by atoms with Crippen LogP contribution in [-0.4, -0.2) is 11.0 Å². The Labute approximate surface area is 94.8 Å². The lowest BCUT2D eigenvalue weighted by Gasteiger charge is -2.08. The van der Waals surface area contributed by atoms with Crippen molar-refractivity contribution in [3.8, 4) is 0 Å². The number of rotatable bonds is 3. The molecule has 0 aromatic heterocycles. The Morgan fingerprint density at radius 2 is 1.25 bits per heavy atom. The van der Waals surface area contributed by atoms with E-state index in [1.807, 2.05) is 60.7 Å². The number of benzene rings is 2. The summed E-state index contributed by atoms with van der Waals surface area (Å²) in [5.41, 5.74) is 11.0. The minimum absolute atomic E-state index is 0.00685. The lowest BCUT2D eigenvalue weighted by molar-refractivity contribution is 0.000315. The number of hydrogen-bond donors (Lipinski definition) is 0. The van der Waals surface area contributed by atoms with Crippen LogP contribution >= 0.6 is 0 Å². The van der Waals surface area contributed by atoms with Crippen LogP contribution in [-0.2, 0) is 0 Å². The van der Waals surface area contributed by atoms with Gasteiger partial charge in [0, 0.05) is 0 Å². The van der Waals surface area contributed by atoms with E-state index >= 15 is 0 Å². The van der Waals surface area contributed by atoms with Crippen LogP contribution in [0.25, 0.3) is 5.53 Å². The van der Waals surface area contributed by atoms with Crippen molar-refractivity contribution in [3.63, 3.8) is 0 Å². The molecule has 0 spiro atoms. The predicted molar refractivity (Wildman–Crippen MR) is 64.4 cm³/mol. The molecule has 2 aromatic carbocycles. The second kappa shape index (κ2) is 5.06. The summed E-state index contributed by atoms with van der Waals surface area (Å²) in [5, 5.41) is 0. The molecule has 0 fully saturated rings. The lowest BCUT2D eigenvalue weighted by atomic mass is 9.92. The third kappa shape index (κ3) is 2.25. The van der Waals surface area contributed by atoms with E-state index in [0.717, 1.165) is 11.1 Å². The second-order valence-electron chi connectivity index (χ2n) is 3.56. The highest BCUT2D eigenvalue weighted by molar-refractivity contribution is 5.68. The van der Waals surface area contributed by atoms with Gasteiger partial charge in [-0.05, 0) is 11.1 Å². The number of hydrogen-bond acceptors (Lipinski definition) is 0. The van der Waals surface area contributed by atoms with Gasteiger partial charge in [0.1, 0.15) is 5.92 Å². The molecule has 0 bridgehead atoms. The normalized spacial score (nSPS) is 9.81. The zero-order chi connectivity index (χ0) is 11.2. The maximum absolute atomic E-state index is 8.73. The molecule has 2 rings (SSSR count). The van der Waals surface area contributed by atoms with Crippen LogP contribution in [0.2, 0.25) is 0 Å². The first-order chi connectivity index (χ1) is 7.92. The van der Waals surface area contributed by atoms with Gasteiger partial charge in [-0.15, -0.1) is 0 Å². The van der Waals surface area contributed by atoms with Crippen molar-refractivity contribution in [3.05, 3.63) is 77.3 Å². The van der Waals surface area contributed by atoms with Crippen molar-refractivity contribution in [2.24, 2.45) is 0 Å². The molecule has 0 aliphatic carbocycles. The van der Waals surface area contributed by atoms with Gasteiger partial charge in [0.25, 0.3) is 6.21 Å². The summed E-state index contributed by atoms with van der Waals surface area (Å²) in [6.07, 6.45) is 1.55. The van der Waals surface area contributed by atoms with Gasteiger partial charge < -0.3 is 5.53 Å². The van der Waals surface area contributed by atoms with Gasteiger partial charge in [-0.2, -0.15) is 4.79 Å². The van der Waals surface area contributed by atoms with Gasteiger partial charge in [-0.25, -0.2) is 0 Å². The van der Waals surface area contributed by atoms with E-state index in [0.29, 0.717) is 0 Å². The molecule has 0 saturated heterocycles. The SMILES string of the molecule is [N-]=[N+]=CC(c1ccccc1)c1ccccc1. The van der Waals surface area contributed by atoms with Gasteiger partial charge in [0.05, 0.1) is 0 Å². The predicted octanol–water partition coefficient (Wildman–Crippen LogP) is 3.12. The molecule has 0 atom stereocenters. The Hall–Kier alpha value is -2.18. The molecule has 0 aliphatic rings. The quantitative estimate of drug-likeness (QED) is 0.422. The number of nitrogens with zero attached hydrogens (tertiary/aromatic N) is 2. The molecular formula is C14H12N2. The second-order valence-corrected chi connectivity index (χ2v) is 3.56. The van der Waals surface area contributed by atoms with Gasteiger partial charge in [-0.3, -0.25) is 0 Å². The summed E-state index contributed by atoms with van der Waals surface area (Å²) in [5.74, 6) is 0.00685. The molecule has 0 aliphatic heterocycles. The Kier molecular flexibility index (Phi) is 3.27. The highest BCUT2D eigenvalue weighted by Gasteiger charge is 2.14. The van der Waals surface area contributed by atoms with Crippen LogP contribution < -0.4 is 0 Å².